The van der Waals surface area contributed by atoms with Crippen LogP contribution < -0.4 is 5.32 Å². The molecule has 18 heavy (non-hydrogen) atoms. The summed E-state index contributed by atoms with van der Waals surface area (Å²) >= 11 is 0. The van der Waals surface area contributed by atoms with Gasteiger partial charge in [-0.15, -0.1) is 0 Å². The number of nitrogens with one attached hydrogen (secondary N) is 1. The predicted octanol–water partition coefficient (Wildman–Crippen LogP) is 3.55. The first-order valence-corrected chi connectivity index (χ1v) is 6.35. The first kappa shape index (κ1) is 12.8. The number of hydrogen-bond donors (Lipinski definition) is 1. The van der Waals surface area contributed by atoms with Crippen molar-refractivity contribution in [2.24, 2.45) is 0 Å². The van der Waals surface area contributed by atoms with Gasteiger partial charge in [0.2, 0.25) is 0 Å². The molecule has 0 bridgehead atoms. The molecule has 2 aromatic rings. The largest absolute Gasteiger partial charge is 0.306 e. The summed E-state index contributed by atoms with van der Waals surface area (Å²) in [5.74, 6) is 0. The molecule has 0 aliphatic heterocycles. The van der Waals surface area contributed by atoms with Crippen molar-refractivity contribution >= 4 is 0 Å². The Hall–Kier alpha value is -1.67. The molecular weight excluding hydrogens is 220 g/mol. The summed E-state index contributed by atoms with van der Waals surface area (Å²) in [6.45, 7) is 7.22. The third-order valence-electron chi connectivity index (χ3n) is 3.12. The summed E-state index contributed by atoms with van der Waals surface area (Å²) in [5, 5.41) is 3.52. The summed E-state index contributed by atoms with van der Waals surface area (Å²) in [4.78, 5) is 4.21. The topological polar surface area (TPSA) is 24.9 Å². The van der Waals surface area contributed by atoms with E-state index in [1.165, 1.54) is 22.3 Å². The van der Waals surface area contributed by atoms with Gasteiger partial charge in [-0.3, -0.25) is 4.98 Å². The highest BCUT2D eigenvalue weighted by atomic mass is 14.9. The number of hydrogen-bond acceptors (Lipinski definition) is 2. The van der Waals surface area contributed by atoms with Crippen LogP contribution in [-0.2, 0) is 6.54 Å². The van der Waals surface area contributed by atoms with Crippen LogP contribution >= 0.6 is 0 Å². The Morgan fingerprint density at radius 1 is 1.06 bits per heavy atom. The average molecular weight is 240 g/mol. The second-order valence-corrected chi connectivity index (χ2v) is 4.88. The van der Waals surface area contributed by atoms with Gasteiger partial charge >= 0.3 is 0 Å². The molecule has 94 valence electrons. The van der Waals surface area contributed by atoms with E-state index in [-0.39, 0.29) is 0 Å². The molecule has 0 aliphatic rings. The lowest BCUT2D eigenvalue weighted by molar-refractivity contribution is 0.573. The van der Waals surface area contributed by atoms with Crippen molar-refractivity contribution < 1.29 is 0 Å². The molecule has 0 amide bonds. The van der Waals surface area contributed by atoms with Crippen molar-refractivity contribution in [3.8, 4) is 0 Å². The van der Waals surface area contributed by atoms with Crippen molar-refractivity contribution in [2.75, 3.05) is 0 Å². The highest BCUT2D eigenvalue weighted by Gasteiger charge is 2.04. The molecule has 1 N–H and O–H groups in total. The molecule has 0 aliphatic carbocycles. The van der Waals surface area contributed by atoms with E-state index in [0.29, 0.717) is 6.04 Å². The first-order valence-electron chi connectivity index (χ1n) is 6.35. The fourth-order valence-corrected chi connectivity index (χ4v) is 1.96. The minimum absolute atomic E-state index is 0.353. The molecule has 1 unspecified atom stereocenters. The molecule has 1 aromatic carbocycles. The van der Waals surface area contributed by atoms with Gasteiger partial charge in [-0.2, -0.15) is 0 Å². The van der Waals surface area contributed by atoms with Crippen molar-refractivity contribution in [1.29, 1.82) is 0 Å². The van der Waals surface area contributed by atoms with Gasteiger partial charge in [0.05, 0.1) is 0 Å². The summed E-state index contributed by atoms with van der Waals surface area (Å²) < 4.78 is 0. The second kappa shape index (κ2) is 5.78. The molecule has 0 saturated heterocycles. The molecule has 1 heterocycles. The van der Waals surface area contributed by atoms with Crippen LogP contribution in [0.3, 0.4) is 0 Å². The van der Waals surface area contributed by atoms with Gasteiger partial charge in [-0.1, -0.05) is 35.9 Å². The number of benzene rings is 1. The van der Waals surface area contributed by atoms with Crippen molar-refractivity contribution in [2.45, 2.75) is 33.4 Å². The molecule has 0 saturated carbocycles. The number of rotatable bonds is 4. The van der Waals surface area contributed by atoms with Crippen LogP contribution in [0.1, 0.15) is 35.2 Å². The van der Waals surface area contributed by atoms with Crippen LogP contribution in [0.4, 0.5) is 0 Å². The summed E-state index contributed by atoms with van der Waals surface area (Å²) in [7, 11) is 0. The first-order chi connectivity index (χ1) is 8.65. The van der Waals surface area contributed by atoms with Crippen LogP contribution in [0.15, 0.2) is 42.7 Å². The third-order valence-corrected chi connectivity index (χ3v) is 3.12. The fraction of sp³-hybridized carbons (Fsp3) is 0.312. The zero-order valence-electron chi connectivity index (χ0n) is 11.3. The highest BCUT2D eigenvalue weighted by molar-refractivity contribution is 5.24. The maximum atomic E-state index is 4.21. The molecule has 2 nitrogen and oxygen atoms in total. The highest BCUT2D eigenvalue weighted by Crippen LogP contribution is 2.13. The van der Waals surface area contributed by atoms with Gasteiger partial charge in [-0.25, -0.2) is 0 Å². The molecule has 2 rings (SSSR count). The molecule has 1 atom stereocenters. The Bertz CT molecular complexity index is 503. The van der Waals surface area contributed by atoms with Crippen LogP contribution in [0, 0.1) is 13.8 Å². The fourth-order valence-electron chi connectivity index (χ4n) is 1.96. The molecular formula is C16H20N2. The van der Waals surface area contributed by atoms with Crippen LogP contribution in [0.5, 0.6) is 0 Å². The second-order valence-electron chi connectivity index (χ2n) is 4.88. The lowest BCUT2D eigenvalue weighted by Crippen LogP contribution is -2.18. The Morgan fingerprint density at radius 3 is 2.44 bits per heavy atom. The average Bonchev–Trinajstić information content (AvgIpc) is 2.37. The van der Waals surface area contributed by atoms with E-state index < -0.39 is 0 Å². The molecule has 0 fully saturated rings. The number of nitrogens with zero attached hydrogens (tertiary/aromatic N) is 1. The van der Waals surface area contributed by atoms with Crippen molar-refractivity contribution in [3.05, 3.63) is 65.0 Å². The van der Waals surface area contributed by atoms with E-state index in [4.69, 9.17) is 0 Å². The minimum atomic E-state index is 0.353. The van der Waals surface area contributed by atoms with Crippen LogP contribution in [0.25, 0.3) is 0 Å². The van der Waals surface area contributed by atoms with Crippen LogP contribution in [0.2, 0.25) is 0 Å². The lowest BCUT2D eigenvalue weighted by atomic mass is 10.1. The maximum Gasteiger partial charge on any atom is 0.0313 e. The Kier molecular flexibility index (Phi) is 4.11. The quantitative estimate of drug-likeness (QED) is 0.884. The van der Waals surface area contributed by atoms with Gasteiger partial charge < -0.3 is 5.32 Å². The maximum absolute atomic E-state index is 4.21. The van der Waals surface area contributed by atoms with Crippen molar-refractivity contribution in [3.63, 3.8) is 0 Å². The summed E-state index contributed by atoms with van der Waals surface area (Å²) in [6, 6.07) is 11.2. The van der Waals surface area contributed by atoms with E-state index in [9.17, 15) is 0 Å². The predicted molar refractivity (Wildman–Crippen MR) is 75.4 cm³/mol. The number of pyridine rings is 1. The third kappa shape index (κ3) is 3.41. The Morgan fingerprint density at radius 2 is 1.78 bits per heavy atom. The minimum Gasteiger partial charge on any atom is -0.306 e. The standard InChI is InChI=1S/C16H20N2/c1-12-4-6-16(7-5-12)14(3)18-11-15-8-13(2)9-17-10-15/h4-10,14,18H,11H2,1-3H3. The van der Waals surface area contributed by atoms with Gasteiger partial charge in [0.25, 0.3) is 0 Å². The lowest BCUT2D eigenvalue weighted by Gasteiger charge is -2.14. The molecule has 1 aromatic heterocycles. The van der Waals surface area contributed by atoms with Crippen LogP contribution in [-0.4, -0.2) is 4.98 Å². The normalized spacial score (nSPS) is 12.4. The SMILES string of the molecule is Cc1ccc(C(C)NCc2cncc(C)c2)cc1. The molecule has 0 radical (unpaired) electrons. The van der Waals surface area contributed by atoms with Gasteiger partial charge in [0, 0.05) is 25.0 Å². The van der Waals surface area contributed by atoms with Gasteiger partial charge in [0.15, 0.2) is 0 Å². The van der Waals surface area contributed by atoms with Gasteiger partial charge in [-0.05, 0) is 37.5 Å². The Labute approximate surface area is 109 Å². The van der Waals surface area contributed by atoms with E-state index in [1.54, 1.807) is 0 Å². The van der Waals surface area contributed by atoms with E-state index in [0.717, 1.165) is 6.54 Å². The number of aryl methyl sites for hydroxylation is 2. The monoisotopic (exact) mass is 240 g/mol. The molecule has 0 spiro atoms. The number of aromatic nitrogens is 1. The molecule has 2 heteroatoms. The zero-order valence-corrected chi connectivity index (χ0v) is 11.3. The smallest absolute Gasteiger partial charge is 0.0313 e. The van der Waals surface area contributed by atoms with E-state index in [1.807, 2.05) is 12.4 Å². The summed E-state index contributed by atoms with van der Waals surface area (Å²) in [6.07, 6.45) is 3.80. The Balaban J connectivity index is 1.96. The zero-order chi connectivity index (χ0) is 13.0. The van der Waals surface area contributed by atoms with Crippen molar-refractivity contribution in [1.82, 2.24) is 10.3 Å². The van der Waals surface area contributed by atoms with E-state index >= 15 is 0 Å². The van der Waals surface area contributed by atoms with E-state index in [2.05, 4.69) is 61.4 Å². The summed E-state index contributed by atoms with van der Waals surface area (Å²) in [5.41, 5.74) is 5.06. The van der Waals surface area contributed by atoms with Gasteiger partial charge in [0.1, 0.15) is 0 Å².